The van der Waals surface area contributed by atoms with Gasteiger partial charge in [-0.05, 0) is 29.8 Å². The van der Waals surface area contributed by atoms with Crippen LogP contribution in [0.2, 0.25) is 0 Å². The Bertz CT molecular complexity index is 1340. The standard InChI is InChI=1S/C22H20FN5O3/c1-22(2,3)18-10-19(31-28-18)27-21(30)26-17-9-12(4-5-15(17)23)14-8-13-11-24-7-6-16(13)25-20(14)29/h4-11H,1-3H3,(H,25,29)(H2,26,27,30). The van der Waals surface area contributed by atoms with Gasteiger partial charge < -0.3 is 14.8 Å². The predicted molar refractivity (Wildman–Crippen MR) is 116 cm³/mol. The first-order valence-corrected chi connectivity index (χ1v) is 9.53. The van der Waals surface area contributed by atoms with E-state index in [2.05, 4.69) is 25.8 Å². The van der Waals surface area contributed by atoms with Crippen molar-refractivity contribution in [1.29, 1.82) is 0 Å². The summed E-state index contributed by atoms with van der Waals surface area (Å²) in [5, 5.41) is 9.57. The van der Waals surface area contributed by atoms with Crippen LogP contribution in [0.3, 0.4) is 0 Å². The number of nitrogens with one attached hydrogen (secondary N) is 3. The molecule has 0 saturated heterocycles. The van der Waals surface area contributed by atoms with Crippen molar-refractivity contribution in [3.8, 4) is 11.1 Å². The fourth-order valence-electron chi connectivity index (χ4n) is 3.00. The molecule has 0 spiro atoms. The third kappa shape index (κ3) is 4.30. The quantitative estimate of drug-likeness (QED) is 0.445. The van der Waals surface area contributed by atoms with E-state index >= 15 is 0 Å². The first-order valence-electron chi connectivity index (χ1n) is 9.53. The summed E-state index contributed by atoms with van der Waals surface area (Å²) >= 11 is 0. The van der Waals surface area contributed by atoms with Crippen LogP contribution in [0.15, 0.2) is 58.1 Å². The average Bonchev–Trinajstić information content (AvgIpc) is 3.18. The molecule has 0 bridgehead atoms. The molecule has 0 fully saturated rings. The van der Waals surface area contributed by atoms with Crippen LogP contribution in [0.4, 0.5) is 20.8 Å². The molecule has 3 N–H and O–H groups in total. The summed E-state index contributed by atoms with van der Waals surface area (Å²) in [5.74, 6) is -0.511. The molecule has 9 heteroatoms. The number of amides is 2. The summed E-state index contributed by atoms with van der Waals surface area (Å²) in [4.78, 5) is 31.6. The topological polar surface area (TPSA) is 113 Å². The number of nitrogens with zero attached hydrogens (tertiary/aromatic N) is 2. The number of fused-ring (bicyclic) bond motifs is 1. The van der Waals surface area contributed by atoms with Gasteiger partial charge in [-0.2, -0.15) is 0 Å². The highest BCUT2D eigenvalue weighted by molar-refractivity contribution is 5.99. The zero-order valence-corrected chi connectivity index (χ0v) is 17.1. The maximum absolute atomic E-state index is 14.3. The summed E-state index contributed by atoms with van der Waals surface area (Å²) < 4.78 is 19.4. The number of carbonyl (C=O) groups is 1. The maximum Gasteiger partial charge on any atom is 0.326 e. The molecule has 0 aliphatic carbocycles. The fourth-order valence-corrected chi connectivity index (χ4v) is 3.00. The molecule has 4 rings (SSSR count). The molecule has 1 aromatic carbocycles. The monoisotopic (exact) mass is 421 g/mol. The molecule has 0 atom stereocenters. The molecule has 0 saturated carbocycles. The summed E-state index contributed by atoms with van der Waals surface area (Å²) in [5.41, 5.74) is 1.41. The van der Waals surface area contributed by atoms with Crippen LogP contribution in [-0.4, -0.2) is 21.2 Å². The lowest BCUT2D eigenvalue weighted by atomic mass is 9.92. The molecule has 8 nitrogen and oxygen atoms in total. The Labute approximate surface area is 176 Å². The molecule has 3 aromatic heterocycles. The van der Waals surface area contributed by atoms with E-state index in [9.17, 15) is 14.0 Å². The minimum atomic E-state index is -0.704. The van der Waals surface area contributed by atoms with Gasteiger partial charge in [0.25, 0.3) is 5.56 Å². The number of H-pyrrole nitrogens is 1. The summed E-state index contributed by atoms with van der Waals surface area (Å²) in [7, 11) is 0. The Morgan fingerprint density at radius 2 is 1.94 bits per heavy atom. The van der Waals surface area contributed by atoms with Crippen LogP contribution in [0.5, 0.6) is 0 Å². The minimum absolute atomic E-state index is 0.0868. The van der Waals surface area contributed by atoms with E-state index in [1.54, 1.807) is 30.6 Å². The molecule has 0 radical (unpaired) electrons. The summed E-state index contributed by atoms with van der Waals surface area (Å²) in [6.45, 7) is 5.88. The van der Waals surface area contributed by atoms with Crippen LogP contribution in [0.25, 0.3) is 22.0 Å². The van der Waals surface area contributed by atoms with Crippen LogP contribution >= 0.6 is 0 Å². The second-order valence-corrected chi connectivity index (χ2v) is 8.08. The van der Waals surface area contributed by atoms with Gasteiger partial charge in [-0.1, -0.05) is 32.0 Å². The Morgan fingerprint density at radius 1 is 1.13 bits per heavy atom. The fraction of sp³-hybridized carbons (Fsp3) is 0.182. The normalized spacial score (nSPS) is 11.5. The Balaban J connectivity index is 1.58. The Morgan fingerprint density at radius 3 is 2.68 bits per heavy atom. The van der Waals surface area contributed by atoms with Gasteiger partial charge in [0.1, 0.15) is 5.82 Å². The number of hydrogen-bond acceptors (Lipinski definition) is 5. The van der Waals surface area contributed by atoms with Crippen molar-refractivity contribution in [2.24, 2.45) is 0 Å². The second kappa shape index (κ2) is 7.67. The van der Waals surface area contributed by atoms with Crippen molar-refractivity contribution in [3.05, 3.63) is 70.7 Å². The number of aromatic amines is 1. The molecule has 0 unspecified atom stereocenters. The SMILES string of the molecule is CC(C)(C)c1cc(NC(=O)Nc2cc(-c3cc4cnccc4[nH]c3=O)ccc2F)on1. The van der Waals surface area contributed by atoms with Crippen molar-refractivity contribution in [2.75, 3.05) is 10.6 Å². The van der Waals surface area contributed by atoms with Gasteiger partial charge in [0.2, 0.25) is 5.88 Å². The van der Waals surface area contributed by atoms with E-state index in [-0.39, 0.29) is 22.5 Å². The highest BCUT2D eigenvalue weighted by Crippen LogP contribution is 2.26. The number of aromatic nitrogens is 3. The van der Waals surface area contributed by atoms with E-state index in [1.165, 1.54) is 18.2 Å². The molecule has 2 amide bonds. The third-order valence-corrected chi connectivity index (χ3v) is 4.69. The number of pyridine rings is 2. The predicted octanol–water partition coefficient (Wildman–Crippen LogP) is 4.66. The minimum Gasteiger partial charge on any atom is -0.338 e. The van der Waals surface area contributed by atoms with Crippen molar-refractivity contribution >= 4 is 28.5 Å². The second-order valence-electron chi connectivity index (χ2n) is 8.08. The molecule has 0 aliphatic rings. The highest BCUT2D eigenvalue weighted by Gasteiger charge is 2.20. The maximum atomic E-state index is 14.3. The molecular weight excluding hydrogens is 401 g/mol. The molecule has 4 aromatic rings. The van der Waals surface area contributed by atoms with Crippen molar-refractivity contribution in [1.82, 2.24) is 15.1 Å². The lowest BCUT2D eigenvalue weighted by Gasteiger charge is -2.12. The zero-order valence-electron chi connectivity index (χ0n) is 17.1. The van der Waals surface area contributed by atoms with Gasteiger partial charge in [0.05, 0.1) is 16.9 Å². The number of carbonyl (C=O) groups excluding carboxylic acids is 1. The Kier molecular flexibility index (Phi) is 5.02. The largest absolute Gasteiger partial charge is 0.338 e. The number of halogens is 1. The number of hydrogen-bond donors (Lipinski definition) is 3. The van der Waals surface area contributed by atoms with E-state index in [4.69, 9.17) is 4.52 Å². The van der Waals surface area contributed by atoms with Crippen molar-refractivity contribution in [2.45, 2.75) is 26.2 Å². The summed E-state index contributed by atoms with van der Waals surface area (Å²) in [6.07, 6.45) is 3.20. The summed E-state index contributed by atoms with van der Waals surface area (Å²) in [6, 6.07) is 8.31. The van der Waals surface area contributed by atoms with Crippen LogP contribution in [0.1, 0.15) is 26.5 Å². The average molecular weight is 421 g/mol. The lowest BCUT2D eigenvalue weighted by molar-refractivity contribution is 0.261. The number of urea groups is 1. The first-order chi connectivity index (χ1) is 14.7. The third-order valence-electron chi connectivity index (χ3n) is 4.69. The number of rotatable bonds is 3. The zero-order chi connectivity index (χ0) is 22.2. The number of anilines is 2. The highest BCUT2D eigenvalue weighted by atomic mass is 19.1. The Hall–Kier alpha value is -4.01. The van der Waals surface area contributed by atoms with Crippen LogP contribution < -0.4 is 16.2 Å². The molecule has 3 heterocycles. The van der Waals surface area contributed by atoms with Gasteiger partial charge in [0.15, 0.2) is 0 Å². The molecule has 31 heavy (non-hydrogen) atoms. The number of benzene rings is 1. The van der Waals surface area contributed by atoms with Gasteiger partial charge in [-0.15, -0.1) is 0 Å². The molecular formula is C22H20FN5O3. The molecule has 0 aliphatic heterocycles. The van der Waals surface area contributed by atoms with Gasteiger partial charge in [-0.3, -0.25) is 15.1 Å². The van der Waals surface area contributed by atoms with E-state index < -0.39 is 11.8 Å². The van der Waals surface area contributed by atoms with Crippen LogP contribution in [-0.2, 0) is 5.41 Å². The molecule has 158 valence electrons. The van der Waals surface area contributed by atoms with Crippen molar-refractivity contribution in [3.63, 3.8) is 0 Å². The van der Waals surface area contributed by atoms with Gasteiger partial charge in [0, 0.05) is 34.8 Å². The smallest absolute Gasteiger partial charge is 0.326 e. The first kappa shape index (κ1) is 20.3. The van der Waals surface area contributed by atoms with E-state index in [1.807, 2.05) is 20.8 Å². The van der Waals surface area contributed by atoms with E-state index in [0.29, 0.717) is 22.3 Å². The van der Waals surface area contributed by atoms with E-state index in [0.717, 1.165) is 5.39 Å². The van der Waals surface area contributed by atoms with Crippen LogP contribution in [0, 0.1) is 5.82 Å². The lowest BCUT2D eigenvalue weighted by Crippen LogP contribution is -2.20. The van der Waals surface area contributed by atoms with Gasteiger partial charge >= 0.3 is 6.03 Å². The van der Waals surface area contributed by atoms with Crippen molar-refractivity contribution < 1.29 is 13.7 Å². The van der Waals surface area contributed by atoms with Gasteiger partial charge in [-0.25, -0.2) is 9.18 Å².